The summed E-state index contributed by atoms with van der Waals surface area (Å²) in [4.78, 5) is 22.8. The second kappa shape index (κ2) is 5.75. The molecule has 17 heavy (non-hydrogen) atoms. The molecule has 2 rings (SSSR count). The lowest BCUT2D eigenvalue weighted by atomic mass is 9.88. The fourth-order valence-electron chi connectivity index (χ4n) is 1.65. The topological polar surface area (TPSA) is 65.6 Å². The first kappa shape index (κ1) is 12.8. The Balaban J connectivity index is 0.00000144. The zero-order valence-electron chi connectivity index (χ0n) is 9.09. The number of rotatable bonds is 2. The fraction of sp³-hybridized carbons (Fsp3) is 0.0714. The Hall–Kier alpha value is -2.22. The van der Waals surface area contributed by atoms with Crippen LogP contribution in [0.5, 0.6) is 0 Å². The molecule has 0 aliphatic heterocycles. The summed E-state index contributed by atoms with van der Waals surface area (Å²) in [5.74, 6) is 1.25. The molecule has 0 fully saturated rings. The highest BCUT2D eigenvalue weighted by molar-refractivity contribution is 6.02. The van der Waals surface area contributed by atoms with Crippen molar-refractivity contribution in [2.24, 2.45) is 5.92 Å². The molecule has 0 spiro atoms. The monoisotopic (exact) mass is 228 g/mol. The van der Waals surface area contributed by atoms with E-state index < -0.39 is 5.92 Å². The third-order valence-electron chi connectivity index (χ3n) is 2.48. The quantitative estimate of drug-likeness (QED) is 0.569. The number of benzene rings is 1. The normalized spacial score (nSPS) is 17.2. The second-order valence-corrected chi connectivity index (χ2v) is 3.51. The van der Waals surface area contributed by atoms with Crippen LogP contribution in [0.15, 0.2) is 60.2 Å². The van der Waals surface area contributed by atoms with Crippen molar-refractivity contribution in [2.75, 3.05) is 0 Å². The maximum Gasteiger partial charge on any atom is 0.174 e. The number of hydrogen-bond donors (Lipinski definition) is 0. The van der Waals surface area contributed by atoms with Crippen LogP contribution >= 0.6 is 0 Å². The minimum Gasteiger partial charge on any atom is -0.412 e. The molecule has 0 radical (unpaired) electrons. The van der Waals surface area contributed by atoms with Gasteiger partial charge in [0.25, 0.3) is 0 Å². The lowest BCUT2D eigenvalue weighted by Crippen LogP contribution is -2.15. The van der Waals surface area contributed by atoms with E-state index in [1.54, 1.807) is 48.6 Å². The molecule has 1 aromatic rings. The molecule has 0 bridgehead atoms. The summed E-state index contributed by atoms with van der Waals surface area (Å²) < 4.78 is 0. The van der Waals surface area contributed by atoms with E-state index in [1.165, 1.54) is 0 Å². The van der Waals surface area contributed by atoms with Crippen LogP contribution in [0.4, 0.5) is 0 Å². The SMILES string of the molecule is O.O=C=C1C=CC=CC1C(=O)c1ccccc1. The fourth-order valence-corrected chi connectivity index (χ4v) is 1.65. The van der Waals surface area contributed by atoms with E-state index in [-0.39, 0.29) is 11.3 Å². The summed E-state index contributed by atoms with van der Waals surface area (Å²) in [6.07, 6.45) is 6.84. The molecule has 0 aromatic heterocycles. The molecular formula is C14H12O3. The highest BCUT2D eigenvalue weighted by Gasteiger charge is 2.22. The van der Waals surface area contributed by atoms with Gasteiger partial charge >= 0.3 is 0 Å². The van der Waals surface area contributed by atoms with E-state index in [1.807, 2.05) is 12.0 Å². The number of carbonyl (C=O) groups is 1. The van der Waals surface area contributed by atoms with Gasteiger partial charge in [0.05, 0.1) is 11.5 Å². The zero-order chi connectivity index (χ0) is 11.4. The molecule has 86 valence electrons. The van der Waals surface area contributed by atoms with Crippen molar-refractivity contribution in [3.05, 3.63) is 65.8 Å². The molecule has 0 saturated heterocycles. The Kier molecular flexibility index (Phi) is 4.35. The van der Waals surface area contributed by atoms with Crippen LogP contribution in [-0.4, -0.2) is 17.2 Å². The van der Waals surface area contributed by atoms with Crippen LogP contribution in [0.25, 0.3) is 0 Å². The third-order valence-corrected chi connectivity index (χ3v) is 2.48. The van der Waals surface area contributed by atoms with E-state index in [0.717, 1.165) is 0 Å². The molecule has 0 heterocycles. The Bertz CT molecular complexity index is 506. The Labute approximate surface area is 99.1 Å². The third kappa shape index (κ3) is 2.67. The van der Waals surface area contributed by atoms with E-state index >= 15 is 0 Å². The van der Waals surface area contributed by atoms with Crippen LogP contribution < -0.4 is 0 Å². The second-order valence-electron chi connectivity index (χ2n) is 3.51. The van der Waals surface area contributed by atoms with Crippen molar-refractivity contribution in [2.45, 2.75) is 0 Å². The molecule has 3 nitrogen and oxygen atoms in total. The maximum absolute atomic E-state index is 12.1. The summed E-state index contributed by atoms with van der Waals surface area (Å²) in [5.41, 5.74) is 0.997. The highest BCUT2D eigenvalue weighted by Crippen LogP contribution is 2.21. The molecule has 3 heteroatoms. The molecule has 1 aliphatic rings. The summed E-state index contributed by atoms with van der Waals surface area (Å²) in [7, 11) is 0. The molecular weight excluding hydrogens is 216 g/mol. The van der Waals surface area contributed by atoms with Crippen molar-refractivity contribution in [1.29, 1.82) is 0 Å². The van der Waals surface area contributed by atoms with Crippen molar-refractivity contribution in [3.8, 4) is 0 Å². The van der Waals surface area contributed by atoms with E-state index in [0.29, 0.717) is 11.1 Å². The van der Waals surface area contributed by atoms with Gasteiger partial charge in [-0.15, -0.1) is 0 Å². The van der Waals surface area contributed by atoms with Gasteiger partial charge in [-0.1, -0.05) is 48.6 Å². The van der Waals surface area contributed by atoms with E-state index in [9.17, 15) is 9.59 Å². The minimum absolute atomic E-state index is 0. The molecule has 0 saturated carbocycles. The van der Waals surface area contributed by atoms with Gasteiger partial charge in [0.2, 0.25) is 0 Å². The lowest BCUT2D eigenvalue weighted by Gasteiger charge is -2.12. The summed E-state index contributed by atoms with van der Waals surface area (Å²) in [6, 6.07) is 8.96. The molecule has 1 aromatic carbocycles. The van der Waals surface area contributed by atoms with Crippen LogP contribution in [0.3, 0.4) is 0 Å². The average Bonchev–Trinajstić information content (AvgIpc) is 2.39. The van der Waals surface area contributed by atoms with Gasteiger partial charge in [-0.05, 0) is 6.08 Å². The van der Waals surface area contributed by atoms with Crippen molar-refractivity contribution < 1.29 is 15.1 Å². The Morgan fingerprint density at radius 2 is 1.82 bits per heavy atom. The zero-order valence-corrected chi connectivity index (χ0v) is 9.09. The minimum atomic E-state index is -0.495. The van der Waals surface area contributed by atoms with Gasteiger partial charge in [0.1, 0.15) is 5.94 Å². The molecule has 0 amide bonds. The van der Waals surface area contributed by atoms with Crippen LogP contribution in [0.1, 0.15) is 10.4 Å². The first-order valence-electron chi connectivity index (χ1n) is 5.02. The number of Topliss-reactive ketones (excluding diaryl/α,β-unsaturated/α-hetero) is 1. The van der Waals surface area contributed by atoms with Gasteiger partial charge in [0, 0.05) is 5.56 Å². The molecule has 1 aliphatic carbocycles. The first-order chi connectivity index (χ1) is 7.83. The van der Waals surface area contributed by atoms with Gasteiger partial charge in [-0.3, -0.25) is 4.79 Å². The largest absolute Gasteiger partial charge is 0.412 e. The number of ketones is 1. The van der Waals surface area contributed by atoms with Crippen molar-refractivity contribution in [3.63, 3.8) is 0 Å². The summed E-state index contributed by atoms with van der Waals surface area (Å²) >= 11 is 0. The standard InChI is InChI=1S/C14H10O2.H2O/c15-10-12-8-4-5-9-13(12)14(16)11-6-2-1-3-7-11;/h1-9,13H;1H2. The Morgan fingerprint density at radius 3 is 2.47 bits per heavy atom. The van der Waals surface area contributed by atoms with Gasteiger partial charge in [0.15, 0.2) is 5.78 Å². The molecule has 2 N–H and O–H groups in total. The Morgan fingerprint density at radius 1 is 1.12 bits per heavy atom. The molecule has 1 atom stereocenters. The van der Waals surface area contributed by atoms with Gasteiger partial charge in [-0.2, -0.15) is 0 Å². The van der Waals surface area contributed by atoms with Crippen molar-refractivity contribution >= 4 is 11.7 Å². The van der Waals surface area contributed by atoms with Crippen LogP contribution in [-0.2, 0) is 4.79 Å². The summed E-state index contributed by atoms with van der Waals surface area (Å²) in [6.45, 7) is 0. The van der Waals surface area contributed by atoms with E-state index in [2.05, 4.69) is 0 Å². The van der Waals surface area contributed by atoms with Crippen LogP contribution in [0.2, 0.25) is 0 Å². The van der Waals surface area contributed by atoms with Crippen LogP contribution in [0, 0.1) is 5.92 Å². The smallest absolute Gasteiger partial charge is 0.174 e. The number of hydrogen-bond acceptors (Lipinski definition) is 2. The predicted octanol–water partition coefficient (Wildman–Crippen LogP) is 1.54. The van der Waals surface area contributed by atoms with Gasteiger partial charge < -0.3 is 5.48 Å². The van der Waals surface area contributed by atoms with Gasteiger partial charge in [-0.25, -0.2) is 4.79 Å². The summed E-state index contributed by atoms with van der Waals surface area (Å²) in [5, 5.41) is 0. The van der Waals surface area contributed by atoms with E-state index in [4.69, 9.17) is 0 Å². The number of allylic oxidation sites excluding steroid dienone is 5. The maximum atomic E-state index is 12.1. The highest BCUT2D eigenvalue weighted by atomic mass is 16.1. The van der Waals surface area contributed by atoms with Crippen molar-refractivity contribution in [1.82, 2.24) is 0 Å². The number of carbonyl (C=O) groups excluding carboxylic acids is 2. The lowest BCUT2D eigenvalue weighted by molar-refractivity contribution is 0.0962. The first-order valence-corrected chi connectivity index (χ1v) is 5.02. The molecule has 1 unspecified atom stereocenters. The average molecular weight is 228 g/mol. The predicted molar refractivity (Wildman–Crippen MR) is 65.4 cm³/mol.